The lowest BCUT2D eigenvalue weighted by Gasteiger charge is -2.08. The maximum Gasteiger partial charge on any atom is 0.331 e. The molecule has 0 aliphatic carbocycles. The minimum absolute atomic E-state index is 0.0496. The molecule has 6 nitrogen and oxygen atoms in total. The van der Waals surface area contributed by atoms with Gasteiger partial charge >= 0.3 is 5.69 Å². The molecule has 0 atom stereocenters. The molecule has 1 aromatic heterocycles. The maximum absolute atomic E-state index is 11.0. The van der Waals surface area contributed by atoms with Gasteiger partial charge < -0.3 is 9.47 Å². The number of methoxy groups -OCH3 is 1. The van der Waals surface area contributed by atoms with Crippen LogP contribution in [0.15, 0.2) is 34.9 Å². The first-order valence-electron chi connectivity index (χ1n) is 5.63. The number of benzene rings is 1. The van der Waals surface area contributed by atoms with Gasteiger partial charge in [-0.2, -0.15) is 0 Å². The van der Waals surface area contributed by atoms with Crippen LogP contribution < -0.4 is 9.47 Å². The van der Waals surface area contributed by atoms with Crippen LogP contribution in [0.2, 0.25) is 0 Å². The van der Waals surface area contributed by atoms with Crippen molar-refractivity contribution < 1.29 is 14.4 Å². The van der Waals surface area contributed by atoms with E-state index in [1.807, 2.05) is 0 Å². The standard InChI is InChI=1S/C13H11BrN2O4/c1-8-5-11(16(17)18)13(15-7-8)20-12-4-3-9(19-2)6-10(12)14/h3-7H,1-2H3. The molecule has 1 aromatic carbocycles. The Morgan fingerprint density at radius 2 is 2.10 bits per heavy atom. The Morgan fingerprint density at radius 1 is 1.35 bits per heavy atom. The van der Waals surface area contributed by atoms with Gasteiger partial charge in [0.25, 0.3) is 5.88 Å². The molecule has 0 aliphatic rings. The first-order valence-corrected chi connectivity index (χ1v) is 6.43. The third-order valence-corrected chi connectivity index (χ3v) is 3.13. The second-order valence-corrected chi connectivity index (χ2v) is 4.85. The van der Waals surface area contributed by atoms with Crippen LogP contribution in [-0.4, -0.2) is 17.0 Å². The third kappa shape index (κ3) is 3.05. The quantitative estimate of drug-likeness (QED) is 0.625. The van der Waals surface area contributed by atoms with E-state index in [-0.39, 0.29) is 11.6 Å². The lowest BCUT2D eigenvalue weighted by atomic mass is 10.3. The summed E-state index contributed by atoms with van der Waals surface area (Å²) >= 11 is 3.32. The zero-order valence-electron chi connectivity index (χ0n) is 10.8. The van der Waals surface area contributed by atoms with Crippen LogP contribution in [0, 0.1) is 17.0 Å². The van der Waals surface area contributed by atoms with Crippen LogP contribution in [0.1, 0.15) is 5.56 Å². The first kappa shape index (κ1) is 14.3. The number of rotatable bonds is 4. The second kappa shape index (κ2) is 5.87. The van der Waals surface area contributed by atoms with E-state index in [0.717, 1.165) is 0 Å². The third-order valence-electron chi connectivity index (χ3n) is 2.51. The average Bonchev–Trinajstić information content (AvgIpc) is 2.42. The van der Waals surface area contributed by atoms with Gasteiger partial charge in [0.05, 0.1) is 16.5 Å². The summed E-state index contributed by atoms with van der Waals surface area (Å²) in [5, 5.41) is 11.0. The van der Waals surface area contributed by atoms with Crippen LogP contribution >= 0.6 is 15.9 Å². The molecule has 0 radical (unpaired) electrons. The Kier molecular flexibility index (Phi) is 4.19. The van der Waals surface area contributed by atoms with Gasteiger partial charge in [0.15, 0.2) is 0 Å². The molecule has 0 bridgehead atoms. The van der Waals surface area contributed by atoms with Crippen molar-refractivity contribution in [3.8, 4) is 17.4 Å². The van der Waals surface area contributed by atoms with Crippen molar-refractivity contribution in [1.82, 2.24) is 4.98 Å². The molecule has 0 saturated heterocycles. The Labute approximate surface area is 123 Å². The van der Waals surface area contributed by atoms with Crippen molar-refractivity contribution in [3.63, 3.8) is 0 Å². The van der Waals surface area contributed by atoms with Crippen molar-refractivity contribution in [3.05, 3.63) is 50.6 Å². The van der Waals surface area contributed by atoms with E-state index in [2.05, 4.69) is 20.9 Å². The molecule has 2 aromatic rings. The van der Waals surface area contributed by atoms with Gasteiger partial charge in [-0.1, -0.05) is 0 Å². The number of ether oxygens (including phenoxy) is 2. The molecular formula is C13H11BrN2O4. The fourth-order valence-electron chi connectivity index (χ4n) is 1.55. The molecule has 0 saturated carbocycles. The summed E-state index contributed by atoms with van der Waals surface area (Å²) in [7, 11) is 1.55. The van der Waals surface area contributed by atoms with Crippen LogP contribution in [0.3, 0.4) is 0 Å². The van der Waals surface area contributed by atoms with Gasteiger partial charge in [-0.05, 0) is 46.6 Å². The number of halogens is 1. The Balaban J connectivity index is 2.37. The minimum atomic E-state index is -0.521. The molecule has 2 rings (SSSR count). The van der Waals surface area contributed by atoms with Crippen molar-refractivity contribution in [2.24, 2.45) is 0 Å². The van der Waals surface area contributed by atoms with E-state index in [1.165, 1.54) is 12.3 Å². The molecule has 104 valence electrons. The summed E-state index contributed by atoms with van der Waals surface area (Å²) in [6.07, 6.45) is 1.51. The van der Waals surface area contributed by atoms with Gasteiger partial charge in [0.1, 0.15) is 11.5 Å². The SMILES string of the molecule is COc1ccc(Oc2ncc(C)cc2[N+](=O)[O-])c(Br)c1. The summed E-state index contributed by atoms with van der Waals surface area (Å²) in [4.78, 5) is 14.4. The highest BCUT2D eigenvalue weighted by atomic mass is 79.9. The number of nitro groups is 1. The largest absolute Gasteiger partial charge is 0.497 e. The zero-order valence-corrected chi connectivity index (χ0v) is 12.4. The number of pyridine rings is 1. The molecule has 1 heterocycles. The lowest BCUT2D eigenvalue weighted by molar-refractivity contribution is -0.386. The number of hydrogen-bond donors (Lipinski definition) is 0. The van der Waals surface area contributed by atoms with Crippen LogP contribution in [0.5, 0.6) is 17.4 Å². The van der Waals surface area contributed by atoms with Gasteiger partial charge in [0, 0.05) is 12.3 Å². The number of nitrogens with zero attached hydrogens (tertiary/aromatic N) is 2. The fraction of sp³-hybridized carbons (Fsp3) is 0.154. The maximum atomic E-state index is 11.0. The Hall–Kier alpha value is -2.15. The molecule has 7 heteroatoms. The van der Waals surface area contributed by atoms with Gasteiger partial charge in [-0.25, -0.2) is 4.98 Å². The molecule has 0 amide bonds. The van der Waals surface area contributed by atoms with Crippen LogP contribution in [0.25, 0.3) is 0 Å². The zero-order chi connectivity index (χ0) is 14.7. The lowest BCUT2D eigenvalue weighted by Crippen LogP contribution is -1.97. The number of aryl methyl sites for hydroxylation is 1. The Bertz CT molecular complexity index is 661. The highest BCUT2D eigenvalue weighted by Gasteiger charge is 2.18. The summed E-state index contributed by atoms with van der Waals surface area (Å²) in [6, 6.07) is 6.46. The van der Waals surface area contributed by atoms with E-state index >= 15 is 0 Å². The predicted octanol–water partition coefficient (Wildman–Crippen LogP) is 3.86. The topological polar surface area (TPSA) is 74.5 Å². The molecule has 0 aliphatic heterocycles. The average molecular weight is 339 g/mol. The van der Waals surface area contributed by atoms with Crippen molar-refractivity contribution in [1.29, 1.82) is 0 Å². The monoisotopic (exact) mass is 338 g/mol. The summed E-state index contributed by atoms with van der Waals surface area (Å²) in [5.41, 5.74) is 0.519. The second-order valence-electron chi connectivity index (χ2n) is 3.99. The van der Waals surface area contributed by atoms with Crippen molar-refractivity contribution >= 4 is 21.6 Å². The molecule has 0 spiro atoms. The normalized spacial score (nSPS) is 10.2. The van der Waals surface area contributed by atoms with E-state index in [1.54, 1.807) is 32.2 Å². The first-order chi connectivity index (χ1) is 9.51. The van der Waals surface area contributed by atoms with Crippen LogP contribution in [-0.2, 0) is 0 Å². The summed E-state index contributed by atoms with van der Waals surface area (Å²) in [6.45, 7) is 1.73. The van der Waals surface area contributed by atoms with E-state index in [9.17, 15) is 10.1 Å². The van der Waals surface area contributed by atoms with E-state index in [0.29, 0.717) is 21.5 Å². The molecule has 0 N–H and O–H groups in total. The fourth-order valence-corrected chi connectivity index (χ4v) is 1.98. The van der Waals surface area contributed by atoms with E-state index in [4.69, 9.17) is 9.47 Å². The number of hydrogen-bond acceptors (Lipinski definition) is 5. The van der Waals surface area contributed by atoms with Crippen molar-refractivity contribution in [2.75, 3.05) is 7.11 Å². The predicted molar refractivity (Wildman–Crippen MR) is 76.4 cm³/mol. The molecule has 0 unspecified atom stereocenters. The number of aromatic nitrogens is 1. The molecule has 20 heavy (non-hydrogen) atoms. The van der Waals surface area contributed by atoms with Crippen molar-refractivity contribution in [2.45, 2.75) is 6.92 Å². The summed E-state index contributed by atoms with van der Waals surface area (Å²) < 4.78 is 11.2. The van der Waals surface area contributed by atoms with E-state index < -0.39 is 4.92 Å². The molecule has 0 fully saturated rings. The van der Waals surface area contributed by atoms with Gasteiger partial charge in [-0.15, -0.1) is 0 Å². The smallest absolute Gasteiger partial charge is 0.331 e. The minimum Gasteiger partial charge on any atom is -0.497 e. The highest BCUT2D eigenvalue weighted by Crippen LogP contribution is 2.35. The Morgan fingerprint density at radius 3 is 2.70 bits per heavy atom. The van der Waals surface area contributed by atoms with Crippen LogP contribution in [0.4, 0.5) is 5.69 Å². The highest BCUT2D eigenvalue weighted by molar-refractivity contribution is 9.10. The summed E-state index contributed by atoms with van der Waals surface area (Å²) in [5.74, 6) is 1.02. The van der Waals surface area contributed by atoms with Gasteiger partial charge in [0.2, 0.25) is 0 Å². The van der Waals surface area contributed by atoms with Gasteiger partial charge in [-0.3, -0.25) is 10.1 Å². The molecular weight excluding hydrogens is 328 g/mol.